The summed E-state index contributed by atoms with van der Waals surface area (Å²) in [4.78, 5) is 14.2. The van der Waals surface area contributed by atoms with Gasteiger partial charge in [0.05, 0.1) is 17.4 Å². The molecular formula is C25H36N6O. The summed E-state index contributed by atoms with van der Waals surface area (Å²) < 4.78 is 0. The number of nitrogens with one attached hydrogen (secondary N) is 3. The minimum Gasteiger partial charge on any atom is -0.393 e. The van der Waals surface area contributed by atoms with E-state index in [4.69, 9.17) is 9.97 Å². The highest BCUT2D eigenvalue weighted by Crippen LogP contribution is 2.30. The van der Waals surface area contributed by atoms with Crippen LogP contribution in [0.4, 0.5) is 11.8 Å². The quantitative estimate of drug-likeness (QED) is 0.492. The average molecular weight is 437 g/mol. The van der Waals surface area contributed by atoms with E-state index in [9.17, 15) is 5.11 Å². The SMILES string of the molecule is CCCC(C)Nc1ncc(-c2ccc(C3=CCNCC3)cn2)c(NC2CCC(O)CC2)n1. The molecule has 172 valence electrons. The maximum Gasteiger partial charge on any atom is 0.224 e. The second-order valence-corrected chi connectivity index (χ2v) is 9.06. The Hall–Kier alpha value is -2.51. The van der Waals surface area contributed by atoms with Crippen LogP contribution in [0.15, 0.2) is 30.6 Å². The first-order chi connectivity index (χ1) is 15.6. The molecule has 4 rings (SSSR count). The Labute approximate surface area is 191 Å². The monoisotopic (exact) mass is 436 g/mol. The number of anilines is 2. The zero-order chi connectivity index (χ0) is 22.3. The number of hydrogen-bond acceptors (Lipinski definition) is 7. The number of aromatic nitrogens is 3. The summed E-state index contributed by atoms with van der Waals surface area (Å²) >= 11 is 0. The van der Waals surface area contributed by atoms with Gasteiger partial charge in [-0.1, -0.05) is 25.5 Å². The molecule has 2 aliphatic rings. The largest absolute Gasteiger partial charge is 0.393 e. The van der Waals surface area contributed by atoms with Gasteiger partial charge in [0.2, 0.25) is 5.95 Å². The number of aliphatic hydroxyl groups excluding tert-OH is 1. The van der Waals surface area contributed by atoms with Gasteiger partial charge in [-0.05, 0) is 69.2 Å². The molecule has 2 aromatic rings. The van der Waals surface area contributed by atoms with E-state index in [0.29, 0.717) is 18.0 Å². The predicted octanol–water partition coefficient (Wildman–Crippen LogP) is 4.23. The Bertz CT molecular complexity index is 905. The molecule has 1 aliphatic carbocycles. The van der Waals surface area contributed by atoms with Crippen molar-refractivity contribution >= 4 is 17.3 Å². The van der Waals surface area contributed by atoms with Crippen LogP contribution in [0.3, 0.4) is 0 Å². The third-order valence-electron chi connectivity index (χ3n) is 6.40. The Morgan fingerprint density at radius 1 is 1.16 bits per heavy atom. The minimum atomic E-state index is -0.177. The first-order valence-corrected chi connectivity index (χ1v) is 12.1. The van der Waals surface area contributed by atoms with Crippen molar-refractivity contribution < 1.29 is 5.11 Å². The van der Waals surface area contributed by atoms with E-state index in [2.05, 4.69) is 53.0 Å². The lowest BCUT2D eigenvalue weighted by Crippen LogP contribution is -2.29. The highest BCUT2D eigenvalue weighted by atomic mass is 16.3. The van der Waals surface area contributed by atoms with E-state index in [0.717, 1.165) is 75.1 Å². The van der Waals surface area contributed by atoms with E-state index >= 15 is 0 Å². The summed E-state index contributed by atoms with van der Waals surface area (Å²) in [6.07, 6.45) is 12.6. The molecule has 3 heterocycles. The summed E-state index contributed by atoms with van der Waals surface area (Å²) in [5.74, 6) is 1.46. The fourth-order valence-corrected chi connectivity index (χ4v) is 4.52. The van der Waals surface area contributed by atoms with Gasteiger partial charge < -0.3 is 21.1 Å². The van der Waals surface area contributed by atoms with Crippen molar-refractivity contribution in [3.05, 3.63) is 36.2 Å². The lowest BCUT2D eigenvalue weighted by Gasteiger charge is -2.27. The lowest BCUT2D eigenvalue weighted by molar-refractivity contribution is 0.126. The molecule has 2 aromatic heterocycles. The van der Waals surface area contributed by atoms with Crippen molar-refractivity contribution in [3.63, 3.8) is 0 Å². The van der Waals surface area contributed by atoms with Gasteiger partial charge in [0.25, 0.3) is 0 Å². The molecule has 7 heteroatoms. The molecule has 4 N–H and O–H groups in total. The van der Waals surface area contributed by atoms with Crippen molar-refractivity contribution in [1.82, 2.24) is 20.3 Å². The van der Waals surface area contributed by atoms with E-state index in [1.807, 2.05) is 12.4 Å². The van der Waals surface area contributed by atoms with Crippen molar-refractivity contribution in [1.29, 1.82) is 0 Å². The van der Waals surface area contributed by atoms with Gasteiger partial charge in [0.15, 0.2) is 0 Å². The van der Waals surface area contributed by atoms with Crippen LogP contribution in [0.1, 0.15) is 64.4 Å². The van der Waals surface area contributed by atoms with E-state index in [1.54, 1.807) is 0 Å². The number of nitrogens with zero attached hydrogens (tertiary/aromatic N) is 3. The minimum absolute atomic E-state index is 0.177. The Kier molecular flexibility index (Phi) is 7.71. The van der Waals surface area contributed by atoms with E-state index in [-0.39, 0.29) is 6.10 Å². The third kappa shape index (κ3) is 5.84. The Morgan fingerprint density at radius 3 is 2.69 bits per heavy atom. The van der Waals surface area contributed by atoms with Gasteiger partial charge in [-0.25, -0.2) is 4.98 Å². The number of hydrogen-bond donors (Lipinski definition) is 4. The molecule has 0 radical (unpaired) electrons. The molecule has 1 atom stereocenters. The summed E-state index contributed by atoms with van der Waals surface area (Å²) in [5.41, 5.74) is 4.31. The molecule has 0 aromatic carbocycles. The van der Waals surface area contributed by atoms with Crippen LogP contribution in [-0.4, -0.2) is 51.3 Å². The van der Waals surface area contributed by atoms with Gasteiger partial charge in [0, 0.05) is 31.0 Å². The molecule has 1 fully saturated rings. The molecule has 1 aliphatic heterocycles. The lowest BCUT2D eigenvalue weighted by atomic mass is 9.93. The molecule has 0 saturated heterocycles. The highest BCUT2D eigenvalue weighted by Gasteiger charge is 2.22. The second-order valence-electron chi connectivity index (χ2n) is 9.06. The maximum atomic E-state index is 9.87. The van der Waals surface area contributed by atoms with Gasteiger partial charge in [0.1, 0.15) is 5.82 Å². The fourth-order valence-electron chi connectivity index (χ4n) is 4.52. The topological polar surface area (TPSA) is 95.0 Å². The average Bonchev–Trinajstić information content (AvgIpc) is 2.82. The number of pyridine rings is 1. The van der Waals surface area contributed by atoms with Crippen LogP contribution < -0.4 is 16.0 Å². The first kappa shape index (κ1) is 22.7. The third-order valence-corrected chi connectivity index (χ3v) is 6.40. The summed E-state index contributed by atoms with van der Waals surface area (Å²) in [6, 6.07) is 4.83. The maximum absolute atomic E-state index is 9.87. The Balaban J connectivity index is 1.58. The molecule has 1 unspecified atom stereocenters. The van der Waals surface area contributed by atoms with Crippen molar-refractivity contribution in [2.45, 2.75) is 77.0 Å². The summed E-state index contributed by atoms with van der Waals surface area (Å²) in [5, 5.41) is 20.3. The zero-order valence-corrected chi connectivity index (χ0v) is 19.3. The van der Waals surface area contributed by atoms with Crippen molar-refractivity contribution in [2.24, 2.45) is 0 Å². The van der Waals surface area contributed by atoms with Crippen LogP contribution in [-0.2, 0) is 0 Å². The standard InChI is InChI=1S/C25H36N6O/c1-3-4-17(2)29-25-28-16-22(24(31-25)30-20-6-8-21(32)9-7-20)23-10-5-19(15-27-23)18-11-13-26-14-12-18/h5,10-11,15-17,20-21,26,32H,3-4,6-9,12-14H2,1-2H3,(H2,28,29,30,31). The predicted molar refractivity (Wildman–Crippen MR) is 131 cm³/mol. The first-order valence-electron chi connectivity index (χ1n) is 12.1. The van der Waals surface area contributed by atoms with Crippen LogP contribution in [0.5, 0.6) is 0 Å². The molecular weight excluding hydrogens is 400 g/mol. The van der Waals surface area contributed by atoms with Crippen molar-refractivity contribution in [2.75, 3.05) is 23.7 Å². The molecule has 0 bridgehead atoms. The smallest absolute Gasteiger partial charge is 0.224 e. The molecule has 0 amide bonds. The van der Waals surface area contributed by atoms with Gasteiger partial charge in [-0.2, -0.15) is 4.98 Å². The van der Waals surface area contributed by atoms with E-state index in [1.165, 1.54) is 11.1 Å². The normalized spacial score (nSPS) is 22.2. The van der Waals surface area contributed by atoms with Crippen LogP contribution in [0.2, 0.25) is 0 Å². The summed E-state index contributed by atoms with van der Waals surface area (Å²) in [7, 11) is 0. The van der Waals surface area contributed by atoms with Gasteiger partial charge in [-0.3, -0.25) is 4.98 Å². The highest BCUT2D eigenvalue weighted by molar-refractivity contribution is 5.74. The van der Waals surface area contributed by atoms with Crippen molar-refractivity contribution in [3.8, 4) is 11.3 Å². The Morgan fingerprint density at radius 2 is 2.00 bits per heavy atom. The molecule has 0 spiro atoms. The molecule has 7 nitrogen and oxygen atoms in total. The number of rotatable bonds is 8. The van der Waals surface area contributed by atoms with Gasteiger partial charge in [-0.15, -0.1) is 0 Å². The van der Waals surface area contributed by atoms with Gasteiger partial charge >= 0.3 is 0 Å². The zero-order valence-electron chi connectivity index (χ0n) is 19.3. The number of aliphatic hydroxyl groups is 1. The molecule has 32 heavy (non-hydrogen) atoms. The van der Waals surface area contributed by atoms with Crippen LogP contribution in [0, 0.1) is 0 Å². The summed E-state index contributed by atoms with van der Waals surface area (Å²) in [6.45, 7) is 6.27. The molecule has 1 saturated carbocycles. The fraction of sp³-hybridized carbons (Fsp3) is 0.560. The van der Waals surface area contributed by atoms with E-state index < -0.39 is 0 Å². The van der Waals surface area contributed by atoms with Crippen LogP contribution in [0.25, 0.3) is 16.8 Å². The van der Waals surface area contributed by atoms with Crippen LogP contribution >= 0.6 is 0 Å². The second kappa shape index (κ2) is 10.9.